The summed E-state index contributed by atoms with van der Waals surface area (Å²) in [5, 5.41) is 11.7. The van der Waals surface area contributed by atoms with Gasteiger partial charge in [0.2, 0.25) is 5.91 Å². The molecular weight excluding hydrogens is 404 g/mol. The highest BCUT2D eigenvalue weighted by Crippen LogP contribution is 2.27. The molecule has 0 atom stereocenters. The molecule has 164 valence electrons. The number of fused-ring (bicyclic) bond motifs is 1. The van der Waals surface area contributed by atoms with E-state index < -0.39 is 5.60 Å². The summed E-state index contributed by atoms with van der Waals surface area (Å²) in [6.45, 7) is 9.14. The average Bonchev–Trinajstić information content (AvgIpc) is 3.04. The molecule has 30 heavy (non-hydrogen) atoms. The van der Waals surface area contributed by atoms with E-state index in [2.05, 4.69) is 9.88 Å². The maximum atomic E-state index is 12.9. The first kappa shape index (κ1) is 21.4. The standard InChI is InChI=1S/C21H30N4O4S/c1-15-16(2)30-19-18(15)20(27)25(14-22-19)13-21(28)4-7-24(8-5-21)17(26)3-6-23-9-11-29-12-10-23/h14,28H,3-13H2,1-2H3. The summed E-state index contributed by atoms with van der Waals surface area (Å²) in [5.74, 6) is 0.133. The third-order valence-corrected chi connectivity index (χ3v) is 7.53. The summed E-state index contributed by atoms with van der Waals surface area (Å²) in [6, 6.07) is 0. The number of morpholine rings is 1. The van der Waals surface area contributed by atoms with Gasteiger partial charge in [0.25, 0.3) is 5.56 Å². The number of aromatic nitrogens is 2. The third kappa shape index (κ3) is 4.44. The van der Waals surface area contributed by atoms with Crippen molar-refractivity contribution < 1.29 is 14.6 Å². The van der Waals surface area contributed by atoms with Gasteiger partial charge in [0.15, 0.2) is 0 Å². The summed E-state index contributed by atoms with van der Waals surface area (Å²) >= 11 is 1.52. The quantitative estimate of drug-likeness (QED) is 0.760. The van der Waals surface area contributed by atoms with Crippen LogP contribution in [0.2, 0.25) is 0 Å². The second kappa shape index (κ2) is 8.74. The zero-order valence-corrected chi connectivity index (χ0v) is 18.5. The van der Waals surface area contributed by atoms with Crippen LogP contribution < -0.4 is 5.56 Å². The number of aliphatic hydroxyl groups is 1. The predicted molar refractivity (Wildman–Crippen MR) is 116 cm³/mol. The Hall–Kier alpha value is -1.81. The lowest BCUT2D eigenvalue weighted by Gasteiger charge is -2.38. The van der Waals surface area contributed by atoms with Crippen molar-refractivity contribution in [1.29, 1.82) is 0 Å². The first-order valence-corrected chi connectivity index (χ1v) is 11.4. The number of carbonyl (C=O) groups excluding carboxylic acids is 1. The molecule has 8 nitrogen and oxygen atoms in total. The van der Waals surface area contributed by atoms with Gasteiger partial charge in [-0.25, -0.2) is 4.98 Å². The monoisotopic (exact) mass is 434 g/mol. The van der Waals surface area contributed by atoms with Crippen LogP contribution in [0.5, 0.6) is 0 Å². The van der Waals surface area contributed by atoms with E-state index in [1.54, 1.807) is 0 Å². The number of ether oxygens (including phenoxy) is 1. The molecule has 0 aliphatic carbocycles. The van der Waals surface area contributed by atoms with Gasteiger partial charge >= 0.3 is 0 Å². The van der Waals surface area contributed by atoms with Crippen molar-refractivity contribution in [1.82, 2.24) is 19.4 Å². The molecule has 2 saturated heterocycles. The zero-order valence-electron chi connectivity index (χ0n) is 17.7. The van der Waals surface area contributed by atoms with Gasteiger partial charge in [-0.05, 0) is 32.3 Å². The number of amides is 1. The van der Waals surface area contributed by atoms with E-state index in [-0.39, 0.29) is 18.0 Å². The fourth-order valence-electron chi connectivity index (χ4n) is 4.27. The van der Waals surface area contributed by atoms with Crippen molar-refractivity contribution in [3.8, 4) is 0 Å². The Morgan fingerprint density at radius 2 is 1.93 bits per heavy atom. The number of carbonyl (C=O) groups is 1. The highest BCUT2D eigenvalue weighted by atomic mass is 32.1. The number of aryl methyl sites for hydroxylation is 2. The summed E-state index contributed by atoms with van der Waals surface area (Å²) in [5.41, 5.74) is -0.132. The van der Waals surface area contributed by atoms with Gasteiger partial charge in [-0.15, -0.1) is 11.3 Å². The maximum absolute atomic E-state index is 12.9. The van der Waals surface area contributed by atoms with E-state index >= 15 is 0 Å². The van der Waals surface area contributed by atoms with Gasteiger partial charge in [0, 0.05) is 44.0 Å². The predicted octanol–water partition coefficient (Wildman–Crippen LogP) is 1.15. The maximum Gasteiger partial charge on any atom is 0.262 e. The highest BCUT2D eigenvalue weighted by molar-refractivity contribution is 7.18. The molecule has 2 aromatic rings. The van der Waals surface area contributed by atoms with Crippen molar-refractivity contribution in [2.75, 3.05) is 45.9 Å². The molecule has 4 heterocycles. The molecular formula is C21H30N4O4S. The van der Waals surface area contributed by atoms with Crippen LogP contribution in [0, 0.1) is 13.8 Å². The van der Waals surface area contributed by atoms with E-state index in [0.717, 1.165) is 48.1 Å². The third-order valence-electron chi connectivity index (χ3n) is 6.41. The fraction of sp³-hybridized carbons (Fsp3) is 0.667. The van der Waals surface area contributed by atoms with Crippen molar-refractivity contribution in [2.24, 2.45) is 0 Å². The highest BCUT2D eigenvalue weighted by Gasteiger charge is 2.34. The number of nitrogens with zero attached hydrogens (tertiary/aromatic N) is 4. The largest absolute Gasteiger partial charge is 0.388 e. The second-order valence-corrected chi connectivity index (χ2v) is 9.65. The summed E-state index contributed by atoms with van der Waals surface area (Å²) in [7, 11) is 0. The number of thiophene rings is 1. The minimum atomic E-state index is -1.00. The van der Waals surface area contributed by atoms with E-state index in [1.807, 2.05) is 18.7 Å². The Kier molecular flexibility index (Phi) is 6.24. The Labute approximate surface area is 180 Å². The molecule has 0 unspecified atom stereocenters. The van der Waals surface area contributed by atoms with Crippen LogP contribution in [0.4, 0.5) is 0 Å². The molecule has 2 aliphatic heterocycles. The molecule has 4 rings (SSSR count). The fourth-order valence-corrected chi connectivity index (χ4v) is 5.25. The van der Waals surface area contributed by atoms with Gasteiger partial charge in [-0.3, -0.25) is 19.1 Å². The van der Waals surface area contributed by atoms with Crippen molar-refractivity contribution >= 4 is 27.5 Å². The second-order valence-electron chi connectivity index (χ2n) is 8.45. The Morgan fingerprint density at radius 1 is 1.23 bits per heavy atom. The molecule has 0 bridgehead atoms. The molecule has 1 N–H and O–H groups in total. The van der Waals surface area contributed by atoms with Crippen molar-refractivity contribution in [3.63, 3.8) is 0 Å². The molecule has 2 aliphatic rings. The van der Waals surface area contributed by atoms with Crippen LogP contribution in [-0.2, 0) is 16.1 Å². The Bertz CT molecular complexity index is 971. The van der Waals surface area contributed by atoms with Crippen molar-refractivity contribution in [3.05, 3.63) is 27.1 Å². The van der Waals surface area contributed by atoms with Gasteiger partial charge in [0.1, 0.15) is 4.83 Å². The van der Waals surface area contributed by atoms with E-state index in [0.29, 0.717) is 37.7 Å². The lowest BCUT2D eigenvalue weighted by molar-refractivity contribution is -0.136. The normalized spacial score (nSPS) is 20.0. The van der Waals surface area contributed by atoms with Crippen LogP contribution in [-0.4, -0.2) is 81.9 Å². The zero-order chi connectivity index (χ0) is 21.3. The number of rotatable bonds is 5. The first-order chi connectivity index (χ1) is 14.4. The van der Waals surface area contributed by atoms with Gasteiger partial charge in [0.05, 0.1) is 37.1 Å². The summed E-state index contributed by atoms with van der Waals surface area (Å²) in [4.78, 5) is 35.9. The Balaban J connectivity index is 1.35. The summed E-state index contributed by atoms with van der Waals surface area (Å²) < 4.78 is 6.87. The molecule has 0 aromatic carbocycles. The minimum absolute atomic E-state index is 0.0979. The molecule has 0 radical (unpaired) electrons. The lowest BCUT2D eigenvalue weighted by atomic mass is 9.91. The van der Waals surface area contributed by atoms with Crippen LogP contribution in [0.1, 0.15) is 29.7 Å². The number of hydrogen-bond donors (Lipinski definition) is 1. The Morgan fingerprint density at radius 3 is 2.63 bits per heavy atom. The van der Waals surface area contributed by atoms with Gasteiger partial charge < -0.3 is 14.7 Å². The van der Waals surface area contributed by atoms with E-state index in [1.165, 1.54) is 22.2 Å². The van der Waals surface area contributed by atoms with Crippen LogP contribution in [0.3, 0.4) is 0 Å². The van der Waals surface area contributed by atoms with Gasteiger partial charge in [-0.2, -0.15) is 0 Å². The molecule has 0 spiro atoms. The number of likely N-dealkylation sites (tertiary alicyclic amines) is 1. The minimum Gasteiger partial charge on any atom is -0.388 e. The lowest BCUT2D eigenvalue weighted by Crippen LogP contribution is -2.50. The topological polar surface area (TPSA) is 87.9 Å². The molecule has 0 saturated carbocycles. The van der Waals surface area contributed by atoms with Crippen LogP contribution in [0.15, 0.2) is 11.1 Å². The molecule has 2 aromatic heterocycles. The van der Waals surface area contributed by atoms with Gasteiger partial charge in [-0.1, -0.05) is 0 Å². The molecule has 2 fully saturated rings. The molecule has 1 amide bonds. The van der Waals surface area contributed by atoms with Crippen LogP contribution in [0.25, 0.3) is 10.2 Å². The molecule has 9 heteroatoms. The first-order valence-electron chi connectivity index (χ1n) is 10.6. The van der Waals surface area contributed by atoms with Crippen molar-refractivity contribution in [2.45, 2.75) is 45.3 Å². The van der Waals surface area contributed by atoms with E-state index in [4.69, 9.17) is 4.74 Å². The SMILES string of the molecule is Cc1sc2ncn(CC3(O)CCN(C(=O)CCN4CCOCC4)CC3)c(=O)c2c1C. The average molecular weight is 435 g/mol. The van der Waals surface area contributed by atoms with Crippen LogP contribution >= 0.6 is 11.3 Å². The van der Waals surface area contributed by atoms with E-state index in [9.17, 15) is 14.7 Å². The number of hydrogen-bond acceptors (Lipinski definition) is 7. The summed E-state index contributed by atoms with van der Waals surface area (Å²) in [6.07, 6.45) is 2.96. The smallest absolute Gasteiger partial charge is 0.262 e. The number of piperidine rings is 1.